The molecule has 0 saturated carbocycles. The summed E-state index contributed by atoms with van der Waals surface area (Å²) in [6.45, 7) is 3.27. The van der Waals surface area contributed by atoms with Crippen LogP contribution in [0.15, 0.2) is 42.7 Å². The molecule has 4 rings (SSSR count). The summed E-state index contributed by atoms with van der Waals surface area (Å²) in [6.07, 6.45) is 2.91. The Bertz CT molecular complexity index is 762. The van der Waals surface area contributed by atoms with Crippen molar-refractivity contribution in [2.24, 2.45) is 0 Å². The maximum atomic E-state index is 13.8. The van der Waals surface area contributed by atoms with E-state index in [1.165, 1.54) is 10.9 Å². The zero-order chi connectivity index (χ0) is 14.9. The minimum absolute atomic E-state index is 0.254. The van der Waals surface area contributed by atoms with Crippen molar-refractivity contribution in [2.75, 3.05) is 36.0 Å². The van der Waals surface area contributed by atoms with Crippen LogP contribution in [0.2, 0.25) is 0 Å². The molecular weight excluding hydrogens is 299 g/mol. The van der Waals surface area contributed by atoms with E-state index in [0.29, 0.717) is 5.69 Å². The first kappa shape index (κ1) is 13.5. The van der Waals surface area contributed by atoms with Gasteiger partial charge in [-0.1, -0.05) is 23.5 Å². The van der Waals surface area contributed by atoms with Crippen LogP contribution in [-0.2, 0) is 0 Å². The first-order chi connectivity index (χ1) is 10.8. The number of anilines is 2. The first-order valence-corrected chi connectivity index (χ1v) is 8.08. The number of nitrogens with zero attached hydrogens (tertiary/aromatic N) is 4. The number of halogens is 1. The van der Waals surface area contributed by atoms with E-state index in [4.69, 9.17) is 4.98 Å². The molecule has 2 aromatic heterocycles. The minimum atomic E-state index is -0.254. The van der Waals surface area contributed by atoms with Crippen molar-refractivity contribution in [3.63, 3.8) is 0 Å². The predicted octanol–water partition coefficient (Wildman–Crippen LogP) is 3.16. The molecule has 22 heavy (non-hydrogen) atoms. The van der Waals surface area contributed by atoms with Gasteiger partial charge in [0.05, 0.1) is 22.1 Å². The fraction of sp³-hybridized carbons (Fsp3) is 0.250. The van der Waals surface area contributed by atoms with Crippen LogP contribution < -0.4 is 9.80 Å². The Kier molecular flexibility index (Phi) is 3.38. The first-order valence-electron chi connectivity index (χ1n) is 7.26. The van der Waals surface area contributed by atoms with Gasteiger partial charge in [-0.05, 0) is 18.2 Å². The third-order valence-electron chi connectivity index (χ3n) is 3.92. The van der Waals surface area contributed by atoms with Gasteiger partial charge in [-0.3, -0.25) is 4.98 Å². The molecule has 112 valence electrons. The van der Waals surface area contributed by atoms with Crippen molar-refractivity contribution in [1.82, 2.24) is 9.97 Å². The van der Waals surface area contributed by atoms with Gasteiger partial charge in [-0.15, -0.1) is 0 Å². The highest BCUT2D eigenvalue weighted by atomic mass is 32.1. The van der Waals surface area contributed by atoms with E-state index in [1.807, 2.05) is 18.2 Å². The van der Waals surface area contributed by atoms with Crippen molar-refractivity contribution in [1.29, 1.82) is 0 Å². The molecule has 1 aliphatic heterocycles. The highest BCUT2D eigenvalue weighted by Crippen LogP contribution is 2.30. The van der Waals surface area contributed by atoms with E-state index >= 15 is 0 Å². The number of fused-ring (bicyclic) bond motifs is 1. The van der Waals surface area contributed by atoms with E-state index in [9.17, 15) is 4.39 Å². The number of piperazine rings is 1. The summed E-state index contributed by atoms with van der Waals surface area (Å²) in [6, 6.07) is 9.92. The highest BCUT2D eigenvalue weighted by Gasteiger charge is 2.21. The zero-order valence-electron chi connectivity index (χ0n) is 11.9. The molecule has 0 atom stereocenters. The topological polar surface area (TPSA) is 32.3 Å². The Hall–Kier alpha value is -2.21. The fourth-order valence-electron chi connectivity index (χ4n) is 2.76. The number of hydrogen-bond donors (Lipinski definition) is 0. The lowest BCUT2D eigenvalue weighted by atomic mass is 10.2. The molecule has 1 aromatic carbocycles. The molecule has 0 N–H and O–H groups in total. The Balaban J connectivity index is 1.51. The van der Waals surface area contributed by atoms with E-state index in [-0.39, 0.29) is 5.82 Å². The van der Waals surface area contributed by atoms with Crippen LogP contribution in [-0.4, -0.2) is 36.1 Å². The van der Waals surface area contributed by atoms with Crippen LogP contribution in [0.3, 0.4) is 0 Å². The van der Waals surface area contributed by atoms with Crippen LogP contribution >= 0.6 is 11.3 Å². The number of para-hydroxylation sites is 1. The van der Waals surface area contributed by atoms with Crippen LogP contribution in [0.1, 0.15) is 0 Å². The van der Waals surface area contributed by atoms with Gasteiger partial charge < -0.3 is 9.80 Å². The quantitative estimate of drug-likeness (QED) is 0.727. The van der Waals surface area contributed by atoms with Crippen LogP contribution in [0.4, 0.5) is 15.2 Å². The number of hydrogen-bond acceptors (Lipinski definition) is 5. The van der Waals surface area contributed by atoms with Gasteiger partial charge in [-0.2, -0.15) is 0 Å². The molecular formula is C16H15FN4S. The van der Waals surface area contributed by atoms with Gasteiger partial charge in [0, 0.05) is 32.4 Å². The number of thiazole rings is 1. The van der Waals surface area contributed by atoms with Gasteiger partial charge >= 0.3 is 0 Å². The van der Waals surface area contributed by atoms with Gasteiger partial charge in [0.2, 0.25) is 0 Å². The lowest BCUT2D eigenvalue weighted by Gasteiger charge is -2.35. The SMILES string of the molecule is Fc1cnccc1N1CCN(c2nc3ccccc3s2)CC1. The molecule has 0 aliphatic carbocycles. The summed E-state index contributed by atoms with van der Waals surface area (Å²) in [5, 5.41) is 1.05. The van der Waals surface area contributed by atoms with Crippen LogP contribution in [0.5, 0.6) is 0 Å². The molecule has 0 bridgehead atoms. The van der Waals surface area contributed by atoms with Gasteiger partial charge in [0.1, 0.15) is 0 Å². The maximum absolute atomic E-state index is 13.8. The van der Waals surface area contributed by atoms with Crippen LogP contribution in [0, 0.1) is 5.82 Å². The third kappa shape index (κ3) is 2.39. The van der Waals surface area contributed by atoms with E-state index in [2.05, 4.69) is 20.9 Å². The highest BCUT2D eigenvalue weighted by molar-refractivity contribution is 7.22. The summed E-state index contributed by atoms with van der Waals surface area (Å²) in [5.74, 6) is -0.254. The van der Waals surface area contributed by atoms with Crippen LogP contribution in [0.25, 0.3) is 10.2 Å². The standard InChI is InChI=1S/C16H15FN4S/c17-12-11-18-6-5-14(12)20-7-9-21(10-8-20)16-19-13-3-1-2-4-15(13)22-16/h1-6,11H,7-10H2. The summed E-state index contributed by atoms with van der Waals surface area (Å²) >= 11 is 1.72. The summed E-state index contributed by atoms with van der Waals surface area (Å²) in [4.78, 5) is 12.8. The van der Waals surface area contributed by atoms with Crippen molar-refractivity contribution in [3.8, 4) is 0 Å². The Morgan fingerprint density at radius 1 is 1.00 bits per heavy atom. The molecule has 4 nitrogen and oxygen atoms in total. The Labute approximate surface area is 131 Å². The third-order valence-corrected chi connectivity index (χ3v) is 5.02. The van der Waals surface area contributed by atoms with Crippen molar-refractivity contribution >= 4 is 32.4 Å². The van der Waals surface area contributed by atoms with E-state index < -0.39 is 0 Å². The lowest BCUT2D eigenvalue weighted by molar-refractivity contribution is 0.593. The molecule has 0 unspecified atom stereocenters. The minimum Gasteiger partial charge on any atom is -0.366 e. The molecule has 0 spiro atoms. The molecule has 1 fully saturated rings. The predicted molar refractivity (Wildman–Crippen MR) is 88.2 cm³/mol. The zero-order valence-corrected chi connectivity index (χ0v) is 12.8. The molecule has 0 amide bonds. The van der Waals surface area contributed by atoms with Gasteiger partial charge in [-0.25, -0.2) is 9.37 Å². The number of pyridine rings is 1. The average molecular weight is 314 g/mol. The maximum Gasteiger partial charge on any atom is 0.186 e. The largest absolute Gasteiger partial charge is 0.366 e. The molecule has 3 heterocycles. The van der Waals surface area contributed by atoms with E-state index in [1.54, 1.807) is 23.6 Å². The summed E-state index contributed by atoms with van der Waals surface area (Å²) in [5.41, 5.74) is 1.68. The van der Waals surface area contributed by atoms with E-state index in [0.717, 1.165) is 36.8 Å². The molecule has 1 aliphatic rings. The lowest BCUT2D eigenvalue weighted by Crippen LogP contribution is -2.46. The fourth-order valence-corrected chi connectivity index (χ4v) is 3.78. The normalized spacial score (nSPS) is 15.5. The smallest absolute Gasteiger partial charge is 0.186 e. The Morgan fingerprint density at radius 2 is 1.77 bits per heavy atom. The van der Waals surface area contributed by atoms with Crippen molar-refractivity contribution in [3.05, 3.63) is 48.5 Å². The summed E-state index contributed by atoms with van der Waals surface area (Å²) < 4.78 is 15.0. The Morgan fingerprint density at radius 3 is 2.55 bits per heavy atom. The molecule has 0 radical (unpaired) electrons. The second kappa shape index (κ2) is 5.53. The molecule has 1 saturated heterocycles. The summed E-state index contributed by atoms with van der Waals surface area (Å²) in [7, 11) is 0. The second-order valence-corrected chi connectivity index (χ2v) is 6.27. The second-order valence-electron chi connectivity index (χ2n) is 5.27. The molecule has 3 aromatic rings. The van der Waals surface area contributed by atoms with Crippen molar-refractivity contribution in [2.45, 2.75) is 0 Å². The van der Waals surface area contributed by atoms with Gasteiger partial charge in [0.25, 0.3) is 0 Å². The molecule has 6 heteroatoms. The number of benzene rings is 1. The number of aromatic nitrogens is 2. The number of rotatable bonds is 2. The monoisotopic (exact) mass is 314 g/mol. The average Bonchev–Trinajstić information content (AvgIpc) is 2.99. The van der Waals surface area contributed by atoms with Gasteiger partial charge in [0.15, 0.2) is 10.9 Å². The van der Waals surface area contributed by atoms with Crippen molar-refractivity contribution < 1.29 is 4.39 Å².